The summed E-state index contributed by atoms with van der Waals surface area (Å²) in [5.41, 5.74) is 6.97. The largest absolute Gasteiger partial charge is 0.370 e. The number of nitrogens with zero attached hydrogens (tertiary/aromatic N) is 3. The second-order valence-electron chi connectivity index (χ2n) is 3.39. The molecule has 0 aliphatic heterocycles. The van der Waals surface area contributed by atoms with E-state index in [0.29, 0.717) is 17.9 Å². The van der Waals surface area contributed by atoms with Crippen LogP contribution < -0.4 is 11.1 Å². The number of aryl methyl sites for hydroxylation is 1. The van der Waals surface area contributed by atoms with Gasteiger partial charge in [0.05, 0.1) is 5.69 Å². The summed E-state index contributed by atoms with van der Waals surface area (Å²) < 4.78 is 0. The van der Waals surface area contributed by atoms with Crippen molar-refractivity contribution in [2.24, 2.45) is 5.73 Å². The quantitative estimate of drug-likeness (QED) is 0.755. The number of carbonyl (C=O) groups excluding carboxylic acids is 1. The highest BCUT2D eigenvalue weighted by atomic mass is 16.1. The molecule has 0 saturated heterocycles. The van der Waals surface area contributed by atoms with Crippen molar-refractivity contribution >= 4 is 11.7 Å². The molecule has 1 aromatic rings. The maximum atomic E-state index is 10.5. The third kappa shape index (κ3) is 2.67. The number of carbonyl (C=O) groups is 1. The van der Waals surface area contributed by atoms with Gasteiger partial charge in [0.15, 0.2) is 5.82 Å². The third-order valence-corrected chi connectivity index (χ3v) is 2.23. The molecule has 3 N–H and O–H groups in total. The summed E-state index contributed by atoms with van der Waals surface area (Å²) in [4.78, 5) is 10.5. The lowest BCUT2D eigenvalue weighted by atomic mass is 10.1. The Labute approximate surface area is 93.5 Å². The molecule has 1 aromatic heterocycles. The van der Waals surface area contributed by atoms with Gasteiger partial charge in [0.1, 0.15) is 11.6 Å². The molecule has 0 atom stereocenters. The van der Waals surface area contributed by atoms with Crippen LogP contribution >= 0.6 is 0 Å². The van der Waals surface area contributed by atoms with Gasteiger partial charge in [-0.1, -0.05) is 0 Å². The number of nitriles is 1. The fraction of sp³-hybridized carbons (Fsp3) is 0.400. The molecule has 0 unspecified atom stereocenters. The number of aromatic nitrogens is 2. The van der Waals surface area contributed by atoms with E-state index in [4.69, 9.17) is 11.0 Å². The van der Waals surface area contributed by atoms with Crippen LogP contribution in [0.1, 0.15) is 23.2 Å². The van der Waals surface area contributed by atoms with Gasteiger partial charge in [-0.3, -0.25) is 4.79 Å². The smallest absolute Gasteiger partial charge is 0.219 e. The Morgan fingerprint density at radius 2 is 2.19 bits per heavy atom. The van der Waals surface area contributed by atoms with Crippen molar-refractivity contribution in [2.75, 3.05) is 11.9 Å². The molecule has 0 bridgehead atoms. The van der Waals surface area contributed by atoms with Crippen LogP contribution in [-0.2, 0) is 4.79 Å². The van der Waals surface area contributed by atoms with Crippen LogP contribution in [0.5, 0.6) is 0 Å². The Kier molecular flexibility index (Phi) is 3.78. The van der Waals surface area contributed by atoms with E-state index in [0.717, 1.165) is 11.3 Å². The number of amides is 1. The first kappa shape index (κ1) is 11.9. The van der Waals surface area contributed by atoms with Crippen LogP contribution in [0.4, 0.5) is 5.82 Å². The Hall–Kier alpha value is -2.16. The van der Waals surface area contributed by atoms with Gasteiger partial charge in [-0.25, -0.2) is 0 Å². The molecular formula is C10H13N5O. The minimum atomic E-state index is -0.400. The minimum Gasteiger partial charge on any atom is -0.370 e. The summed E-state index contributed by atoms with van der Waals surface area (Å²) in [6.07, 6.45) is 0.194. The summed E-state index contributed by atoms with van der Waals surface area (Å²) >= 11 is 0. The van der Waals surface area contributed by atoms with Crippen molar-refractivity contribution in [3.05, 3.63) is 16.8 Å². The Balaban J connectivity index is 2.85. The lowest BCUT2D eigenvalue weighted by molar-refractivity contribution is -0.117. The number of hydrogen-bond acceptors (Lipinski definition) is 5. The molecule has 0 fully saturated rings. The van der Waals surface area contributed by atoms with Crippen molar-refractivity contribution in [1.29, 1.82) is 5.26 Å². The van der Waals surface area contributed by atoms with E-state index < -0.39 is 5.91 Å². The molecule has 0 aliphatic carbocycles. The number of hydrogen-bond donors (Lipinski definition) is 2. The zero-order valence-corrected chi connectivity index (χ0v) is 9.24. The van der Waals surface area contributed by atoms with E-state index in [9.17, 15) is 4.79 Å². The average Bonchev–Trinajstić information content (AvgIpc) is 2.23. The van der Waals surface area contributed by atoms with E-state index in [1.54, 1.807) is 6.92 Å². The molecule has 1 rings (SSSR count). The lowest BCUT2D eigenvalue weighted by Gasteiger charge is -2.08. The molecule has 0 saturated carbocycles. The number of primary amides is 1. The third-order valence-electron chi connectivity index (χ3n) is 2.23. The zero-order chi connectivity index (χ0) is 12.1. The molecular weight excluding hydrogens is 206 g/mol. The minimum absolute atomic E-state index is 0.194. The molecule has 0 radical (unpaired) electrons. The molecule has 6 nitrogen and oxygen atoms in total. The van der Waals surface area contributed by atoms with Gasteiger partial charge in [-0.05, 0) is 19.4 Å². The summed E-state index contributed by atoms with van der Waals surface area (Å²) in [5.74, 6) is -0.00495. The van der Waals surface area contributed by atoms with Crippen molar-refractivity contribution in [3.8, 4) is 6.07 Å². The molecule has 0 aromatic carbocycles. The van der Waals surface area contributed by atoms with E-state index in [1.807, 2.05) is 6.92 Å². The molecule has 84 valence electrons. The molecule has 6 heteroatoms. The SMILES string of the molecule is Cc1nnc(NCCC(N)=O)c(C#N)c1C. The number of nitrogens with one attached hydrogen (secondary N) is 1. The average molecular weight is 219 g/mol. The van der Waals surface area contributed by atoms with Crippen molar-refractivity contribution in [2.45, 2.75) is 20.3 Å². The van der Waals surface area contributed by atoms with Gasteiger partial charge in [-0.15, -0.1) is 5.10 Å². The van der Waals surface area contributed by atoms with Crippen LogP contribution in [-0.4, -0.2) is 22.6 Å². The maximum Gasteiger partial charge on any atom is 0.219 e. The molecule has 16 heavy (non-hydrogen) atoms. The summed E-state index contributed by atoms with van der Waals surface area (Å²) in [6.45, 7) is 3.94. The van der Waals surface area contributed by atoms with E-state index >= 15 is 0 Å². The monoisotopic (exact) mass is 219 g/mol. The predicted molar refractivity (Wildman–Crippen MR) is 58.5 cm³/mol. The fourth-order valence-corrected chi connectivity index (χ4v) is 1.17. The Morgan fingerprint density at radius 1 is 1.50 bits per heavy atom. The zero-order valence-electron chi connectivity index (χ0n) is 9.24. The van der Waals surface area contributed by atoms with Gasteiger partial charge in [0, 0.05) is 13.0 Å². The summed E-state index contributed by atoms with van der Waals surface area (Å²) in [6, 6.07) is 2.06. The van der Waals surface area contributed by atoms with Crippen LogP contribution in [0.2, 0.25) is 0 Å². The van der Waals surface area contributed by atoms with Crippen molar-refractivity contribution < 1.29 is 4.79 Å². The molecule has 0 aliphatic rings. The van der Waals surface area contributed by atoms with Gasteiger partial charge in [0.25, 0.3) is 0 Å². The first-order valence-corrected chi connectivity index (χ1v) is 4.82. The summed E-state index contributed by atoms with van der Waals surface area (Å²) in [5, 5.41) is 19.6. The van der Waals surface area contributed by atoms with E-state index in [1.165, 1.54) is 0 Å². The molecule has 1 heterocycles. The number of nitrogens with two attached hydrogens (primary N) is 1. The highest BCUT2D eigenvalue weighted by molar-refractivity contribution is 5.74. The first-order valence-electron chi connectivity index (χ1n) is 4.82. The lowest BCUT2D eigenvalue weighted by Crippen LogP contribution is -2.17. The highest BCUT2D eigenvalue weighted by Gasteiger charge is 2.10. The van der Waals surface area contributed by atoms with E-state index in [2.05, 4.69) is 21.6 Å². The van der Waals surface area contributed by atoms with Gasteiger partial charge in [-0.2, -0.15) is 10.4 Å². The number of rotatable bonds is 4. The van der Waals surface area contributed by atoms with Crippen LogP contribution in [0, 0.1) is 25.2 Å². The fourth-order valence-electron chi connectivity index (χ4n) is 1.17. The van der Waals surface area contributed by atoms with Crippen LogP contribution in [0.3, 0.4) is 0 Å². The standard InChI is InChI=1S/C10H13N5O/c1-6-7(2)14-15-10(8(6)5-11)13-4-3-9(12)16/h3-4H2,1-2H3,(H2,12,16)(H,13,15). The number of anilines is 1. The predicted octanol–water partition coefficient (Wildman–Crippen LogP) is 0.252. The molecule has 0 spiro atoms. The Bertz CT molecular complexity index is 449. The second kappa shape index (κ2) is 5.07. The van der Waals surface area contributed by atoms with Gasteiger partial charge in [0.2, 0.25) is 5.91 Å². The van der Waals surface area contributed by atoms with Crippen LogP contribution in [0.25, 0.3) is 0 Å². The van der Waals surface area contributed by atoms with Gasteiger partial charge < -0.3 is 11.1 Å². The van der Waals surface area contributed by atoms with Crippen molar-refractivity contribution in [3.63, 3.8) is 0 Å². The van der Waals surface area contributed by atoms with Crippen LogP contribution in [0.15, 0.2) is 0 Å². The van der Waals surface area contributed by atoms with E-state index in [-0.39, 0.29) is 6.42 Å². The van der Waals surface area contributed by atoms with Crippen molar-refractivity contribution in [1.82, 2.24) is 10.2 Å². The topological polar surface area (TPSA) is 105 Å². The highest BCUT2D eigenvalue weighted by Crippen LogP contribution is 2.16. The molecule has 1 amide bonds. The maximum absolute atomic E-state index is 10.5. The van der Waals surface area contributed by atoms with Gasteiger partial charge >= 0.3 is 0 Å². The normalized spacial score (nSPS) is 9.56. The first-order chi connectivity index (χ1) is 7.56. The summed E-state index contributed by atoms with van der Waals surface area (Å²) in [7, 11) is 0. The Morgan fingerprint density at radius 3 is 2.75 bits per heavy atom. The second-order valence-corrected chi connectivity index (χ2v) is 3.39.